The molecular formula is C24H32O4S. The van der Waals surface area contributed by atoms with Crippen LogP contribution >= 0.6 is 11.3 Å². The quantitative estimate of drug-likeness (QED) is 0.500. The van der Waals surface area contributed by atoms with Gasteiger partial charge in [0.1, 0.15) is 10.7 Å². The number of hydrogen-bond acceptors (Lipinski definition) is 4. The van der Waals surface area contributed by atoms with Gasteiger partial charge in [-0.3, -0.25) is 4.79 Å². The molecule has 158 valence electrons. The Kier molecular flexibility index (Phi) is 7.84. The molecule has 0 spiro atoms. The molecule has 0 amide bonds. The second-order valence-corrected chi connectivity index (χ2v) is 9.55. The zero-order chi connectivity index (χ0) is 20.8. The SMILES string of the molecule is CCCCCC(O)C1=CC(C2C(=O)CCC2CCc2ccc(C(=O)O)s2)CC=C1. The number of aromatic carboxylic acids is 1. The van der Waals surface area contributed by atoms with Crippen LogP contribution in [0.2, 0.25) is 0 Å². The lowest BCUT2D eigenvalue weighted by atomic mass is 9.76. The zero-order valence-electron chi connectivity index (χ0n) is 17.2. The van der Waals surface area contributed by atoms with Crippen molar-refractivity contribution >= 4 is 23.1 Å². The smallest absolute Gasteiger partial charge is 0.345 e. The summed E-state index contributed by atoms with van der Waals surface area (Å²) in [6.45, 7) is 2.16. The van der Waals surface area contributed by atoms with E-state index in [1.54, 1.807) is 6.07 Å². The third kappa shape index (κ3) is 5.67. The maximum atomic E-state index is 12.7. The fourth-order valence-electron chi connectivity index (χ4n) is 4.76. The van der Waals surface area contributed by atoms with Crippen molar-refractivity contribution in [2.75, 3.05) is 0 Å². The highest BCUT2D eigenvalue weighted by molar-refractivity contribution is 7.13. The van der Waals surface area contributed by atoms with Crippen LogP contribution in [0, 0.1) is 17.8 Å². The van der Waals surface area contributed by atoms with E-state index >= 15 is 0 Å². The molecule has 3 rings (SSSR count). The summed E-state index contributed by atoms with van der Waals surface area (Å²) in [4.78, 5) is 25.2. The predicted molar refractivity (Wildman–Crippen MR) is 116 cm³/mol. The summed E-state index contributed by atoms with van der Waals surface area (Å²) in [6.07, 6.45) is 14.1. The number of aliphatic hydroxyl groups is 1. The van der Waals surface area contributed by atoms with Crippen LogP contribution in [-0.2, 0) is 11.2 Å². The minimum Gasteiger partial charge on any atom is -0.477 e. The van der Waals surface area contributed by atoms with E-state index < -0.39 is 12.1 Å². The van der Waals surface area contributed by atoms with Gasteiger partial charge < -0.3 is 10.2 Å². The molecule has 2 N–H and O–H groups in total. The van der Waals surface area contributed by atoms with E-state index in [0.29, 0.717) is 23.0 Å². The maximum Gasteiger partial charge on any atom is 0.345 e. The lowest BCUT2D eigenvalue weighted by Gasteiger charge is -2.28. The number of rotatable bonds is 10. The van der Waals surface area contributed by atoms with Gasteiger partial charge in [-0.05, 0) is 61.6 Å². The van der Waals surface area contributed by atoms with E-state index in [1.165, 1.54) is 11.3 Å². The van der Waals surface area contributed by atoms with Gasteiger partial charge in [-0.25, -0.2) is 4.79 Å². The highest BCUT2D eigenvalue weighted by atomic mass is 32.1. The number of allylic oxidation sites excluding steroid dienone is 2. The van der Waals surface area contributed by atoms with Crippen molar-refractivity contribution in [2.45, 2.75) is 70.8 Å². The van der Waals surface area contributed by atoms with Crippen molar-refractivity contribution in [3.63, 3.8) is 0 Å². The number of carbonyl (C=O) groups is 2. The van der Waals surface area contributed by atoms with Crippen molar-refractivity contribution in [3.05, 3.63) is 45.7 Å². The van der Waals surface area contributed by atoms with Crippen LogP contribution in [0.3, 0.4) is 0 Å². The molecule has 5 heteroatoms. The van der Waals surface area contributed by atoms with Gasteiger partial charge in [-0.15, -0.1) is 11.3 Å². The molecule has 0 aromatic carbocycles. The van der Waals surface area contributed by atoms with Crippen molar-refractivity contribution < 1.29 is 19.8 Å². The molecule has 0 radical (unpaired) electrons. The Hall–Kier alpha value is -1.72. The van der Waals surface area contributed by atoms with Crippen molar-refractivity contribution in [3.8, 4) is 0 Å². The van der Waals surface area contributed by atoms with E-state index in [1.807, 2.05) is 12.1 Å². The first-order valence-electron chi connectivity index (χ1n) is 10.9. The van der Waals surface area contributed by atoms with Crippen LogP contribution in [0.4, 0.5) is 0 Å². The molecular weight excluding hydrogens is 384 g/mol. The first kappa shape index (κ1) is 22.0. The molecule has 1 heterocycles. The number of ketones is 1. The second-order valence-electron chi connectivity index (χ2n) is 8.38. The Morgan fingerprint density at radius 2 is 2.14 bits per heavy atom. The van der Waals surface area contributed by atoms with E-state index in [2.05, 4.69) is 19.1 Å². The Labute approximate surface area is 177 Å². The normalized spacial score (nSPS) is 25.2. The fraction of sp³-hybridized carbons (Fsp3) is 0.583. The highest BCUT2D eigenvalue weighted by Crippen LogP contribution is 2.41. The minimum absolute atomic E-state index is 0.0247. The summed E-state index contributed by atoms with van der Waals surface area (Å²) in [5, 5.41) is 19.6. The Morgan fingerprint density at radius 3 is 2.86 bits per heavy atom. The number of hydrogen-bond donors (Lipinski definition) is 2. The molecule has 4 unspecified atom stereocenters. The van der Waals surface area contributed by atoms with Gasteiger partial charge in [0, 0.05) is 17.2 Å². The molecule has 1 fully saturated rings. The molecule has 1 aromatic heterocycles. The van der Waals surface area contributed by atoms with E-state index in [0.717, 1.165) is 61.8 Å². The fourth-order valence-corrected chi connectivity index (χ4v) is 5.62. The number of carboxylic acid groups (broad SMARTS) is 1. The average Bonchev–Trinajstić information content (AvgIpc) is 3.33. The average molecular weight is 417 g/mol. The van der Waals surface area contributed by atoms with E-state index in [9.17, 15) is 14.7 Å². The van der Waals surface area contributed by atoms with Crippen LogP contribution in [0.1, 0.15) is 72.8 Å². The number of aryl methyl sites for hydroxylation is 1. The molecule has 0 saturated heterocycles. The van der Waals surface area contributed by atoms with Crippen molar-refractivity contribution in [1.29, 1.82) is 0 Å². The third-order valence-corrected chi connectivity index (χ3v) is 7.46. The molecule has 1 saturated carbocycles. The Bertz CT molecular complexity index is 776. The van der Waals surface area contributed by atoms with Gasteiger partial charge in [-0.1, -0.05) is 44.4 Å². The maximum absolute atomic E-state index is 12.7. The van der Waals surface area contributed by atoms with E-state index in [-0.39, 0.29) is 11.8 Å². The summed E-state index contributed by atoms with van der Waals surface area (Å²) >= 11 is 1.34. The number of Topliss-reactive ketones (excluding diaryl/α,β-unsaturated/α-hetero) is 1. The minimum atomic E-state index is -0.876. The van der Waals surface area contributed by atoms with Crippen LogP contribution in [0.25, 0.3) is 0 Å². The molecule has 4 nitrogen and oxygen atoms in total. The number of aliphatic hydroxyl groups excluding tert-OH is 1. The third-order valence-electron chi connectivity index (χ3n) is 6.33. The molecule has 2 aliphatic rings. The van der Waals surface area contributed by atoms with Gasteiger partial charge in [0.15, 0.2) is 0 Å². The monoisotopic (exact) mass is 416 g/mol. The summed E-state index contributed by atoms with van der Waals surface area (Å²) in [5.41, 5.74) is 0.972. The molecule has 2 aliphatic carbocycles. The van der Waals surface area contributed by atoms with Gasteiger partial charge in [0.2, 0.25) is 0 Å². The topological polar surface area (TPSA) is 74.6 Å². The van der Waals surface area contributed by atoms with Crippen LogP contribution in [0.15, 0.2) is 35.9 Å². The van der Waals surface area contributed by atoms with Gasteiger partial charge in [0.05, 0.1) is 6.10 Å². The van der Waals surface area contributed by atoms with Crippen molar-refractivity contribution in [2.24, 2.45) is 17.8 Å². The predicted octanol–water partition coefficient (Wildman–Crippen LogP) is 5.42. The van der Waals surface area contributed by atoms with E-state index in [4.69, 9.17) is 5.11 Å². The number of unbranched alkanes of at least 4 members (excludes halogenated alkanes) is 2. The molecule has 0 aliphatic heterocycles. The first-order chi connectivity index (χ1) is 14.0. The summed E-state index contributed by atoms with van der Waals surface area (Å²) in [7, 11) is 0. The summed E-state index contributed by atoms with van der Waals surface area (Å²) < 4.78 is 0. The number of thiophene rings is 1. The Balaban J connectivity index is 1.63. The van der Waals surface area contributed by atoms with Crippen LogP contribution in [0.5, 0.6) is 0 Å². The lowest BCUT2D eigenvalue weighted by Crippen LogP contribution is -2.26. The van der Waals surface area contributed by atoms with Gasteiger partial charge >= 0.3 is 5.97 Å². The molecule has 4 atom stereocenters. The molecule has 1 aromatic rings. The molecule has 0 bridgehead atoms. The highest BCUT2D eigenvalue weighted by Gasteiger charge is 2.39. The summed E-state index contributed by atoms with van der Waals surface area (Å²) in [6, 6.07) is 3.56. The van der Waals surface area contributed by atoms with Crippen LogP contribution < -0.4 is 0 Å². The summed E-state index contributed by atoms with van der Waals surface area (Å²) in [5.74, 6) is 0.0117. The first-order valence-corrected chi connectivity index (χ1v) is 11.7. The van der Waals surface area contributed by atoms with Crippen LogP contribution in [-0.4, -0.2) is 28.1 Å². The standard InChI is InChI=1S/C24H32O4S/c1-2-3-4-8-20(25)17-6-5-7-18(15-17)23-16(10-13-21(23)26)9-11-19-12-14-22(29-19)24(27)28/h5-6,12,14-16,18,20,23,25H,2-4,7-11,13H2,1H3,(H,27,28). The largest absolute Gasteiger partial charge is 0.477 e. The van der Waals surface area contributed by atoms with Crippen molar-refractivity contribution in [1.82, 2.24) is 0 Å². The Morgan fingerprint density at radius 1 is 1.31 bits per heavy atom. The second kappa shape index (κ2) is 10.4. The zero-order valence-corrected chi connectivity index (χ0v) is 18.0. The lowest BCUT2D eigenvalue weighted by molar-refractivity contribution is -0.122. The number of carbonyl (C=O) groups excluding carboxylic acids is 1. The number of carboxylic acids is 1. The van der Waals surface area contributed by atoms with Gasteiger partial charge in [0.25, 0.3) is 0 Å². The molecule has 29 heavy (non-hydrogen) atoms. The van der Waals surface area contributed by atoms with Gasteiger partial charge in [-0.2, -0.15) is 0 Å².